The average Bonchev–Trinajstić information content (AvgIpc) is 2.88. The first-order valence-corrected chi connectivity index (χ1v) is 13.1. The normalized spacial score (nSPS) is 20.8. The largest absolute Gasteiger partial charge is 0.486 e. The van der Waals surface area contributed by atoms with E-state index in [9.17, 15) is 4.79 Å². The summed E-state index contributed by atoms with van der Waals surface area (Å²) in [6.07, 6.45) is 2.64. The maximum absolute atomic E-state index is 13.7. The van der Waals surface area contributed by atoms with E-state index < -0.39 is 0 Å². The van der Waals surface area contributed by atoms with Crippen LogP contribution < -0.4 is 14.8 Å². The second-order valence-corrected chi connectivity index (χ2v) is 10.5. The van der Waals surface area contributed by atoms with Crippen LogP contribution in [0.4, 0.5) is 0 Å². The predicted octanol–water partition coefficient (Wildman–Crippen LogP) is 3.91. The molecule has 1 fully saturated rings. The lowest BCUT2D eigenvalue weighted by molar-refractivity contribution is 0.0546. The standard InChI is InChI=1S/C28H31ClN4O3/c1-32-11-8-19(9-12-32)30-28(34)27-21-4-2-3-5-23(21)31-24-10-13-33(16-22(24)27)15-20-17-35-25-7-6-18(29)14-26(25)36-20/h2-7,14,19-20H,8-13,15-17H2,1H3,(H,30,34)/t20-/m0/s1. The van der Waals surface area contributed by atoms with Gasteiger partial charge in [-0.25, -0.2) is 0 Å². The molecule has 188 valence electrons. The smallest absolute Gasteiger partial charge is 0.252 e. The molecule has 1 N–H and O–H groups in total. The number of aromatic nitrogens is 1. The molecule has 1 amide bonds. The molecule has 3 aliphatic rings. The zero-order valence-corrected chi connectivity index (χ0v) is 21.3. The molecule has 4 heterocycles. The van der Waals surface area contributed by atoms with Gasteiger partial charge < -0.3 is 19.7 Å². The van der Waals surface area contributed by atoms with Gasteiger partial charge in [0.15, 0.2) is 11.5 Å². The number of nitrogens with one attached hydrogen (secondary N) is 1. The van der Waals surface area contributed by atoms with Gasteiger partial charge in [-0.05, 0) is 51.2 Å². The van der Waals surface area contributed by atoms with E-state index in [1.807, 2.05) is 30.3 Å². The number of carbonyl (C=O) groups is 1. The summed E-state index contributed by atoms with van der Waals surface area (Å²) in [6, 6.07) is 13.7. The molecule has 1 saturated heterocycles. The van der Waals surface area contributed by atoms with Gasteiger partial charge in [-0.2, -0.15) is 0 Å². The maximum atomic E-state index is 13.7. The number of pyridine rings is 1. The van der Waals surface area contributed by atoms with Gasteiger partial charge in [-0.3, -0.25) is 14.7 Å². The summed E-state index contributed by atoms with van der Waals surface area (Å²) >= 11 is 6.15. The Kier molecular flexibility index (Phi) is 6.46. The lowest BCUT2D eigenvalue weighted by Crippen LogP contribution is -2.45. The van der Waals surface area contributed by atoms with Crippen LogP contribution in [0.3, 0.4) is 0 Å². The Labute approximate surface area is 216 Å². The van der Waals surface area contributed by atoms with E-state index in [1.165, 1.54) is 0 Å². The van der Waals surface area contributed by atoms with E-state index in [0.717, 1.165) is 72.4 Å². The van der Waals surface area contributed by atoms with Crippen molar-refractivity contribution in [1.29, 1.82) is 0 Å². The van der Waals surface area contributed by atoms with Crippen molar-refractivity contribution in [3.05, 3.63) is 64.3 Å². The molecule has 0 saturated carbocycles. The summed E-state index contributed by atoms with van der Waals surface area (Å²) in [5, 5.41) is 4.89. The first-order chi connectivity index (χ1) is 17.5. The monoisotopic (exact) mass is 506 g/mol. The number of amides is 1. The van der Waals surface area contributed by atoms with Gasteiger partial charge in [0.05, 0.1) is 11.1 Å². The van der Waals surface area contributed by atoms with Crippen molar-refractivity contribution in [2.75, 3.05) is 39.8 Å². The van der Waals surface area contributed by atoms with E-state index in [4.69, 9.17) is 26.1 Å². The fraction of sp³-hybridized carbons (Fsp3) is 0.429. The molecule has 0 aliphatic carbocycles. The maximum Gasteiger partial charge on any atom is 0.252 e. The van der Waals surface area contributed by atoms with Crippen molar-refractivity contribution in [3.8, 4) is 11.5 Å². The van der Waals surface area contributed by atoms with Gasteiger partial charge in [0.2, 0.25) is 0 Å². The molecule has 6 rings (SSSR count). The number of piperidine rings is 1. The molecule has 3 aliphatic heterocycles. The fourth-order valence-electron chi connectivity index (χ4n) is 5.54. The third-order valence-electron chi connectivity index (χ3n) is 7.49. The molecule has 1 aromatic heterocycles. The van der Waals surface area contributed by atoms with E-state index in [2.05, 4.69) is 22.2 Å². The Morgan fingerprint density at radius 2 is 1.97 bits per heavy atom. The Morgan fingerprint density at radius 1 is 1.14 bits per heavy atom. The minimum absolute atomic E-state index is 0.0158. The van der Waals surface area contributed by atoms with Crippen molar-refractivity contribution in [3.63, 3.8) is 0 Å². The molecular weight excluding hydrogens is 476 g/mol. The number of rotatable bonds is 4. The van der Waals surface area contributed by atoms with Gasteiger partial charge in [0, 0.05) is 59.8 Å². The molecule has 8 heteroatoms. The lowest BCUT2D eigenvalue weighted by atomic mass is 9.94. The number of hydrogen-bond acceptors (Lipinski definition) is 6. The minimum atomic E-state index is -0.109. The van der Waals surface area contributed by atoms with Crippen molar-refractivity contribution >= 4 is 28.4 Å². The van der Waals surface area contributed by atoms with Crippen LogP contribution in [0.15, 0.2) is 42.5 Å². The van der Waals surface area contributed by atoms with Crippen molar-refractivity contribution in [2.24, 2.45) is 0 Å². The number of hydrogen-bond donors (Lipinski definition) is 1. The van der Waals surface area contributed by atoms with Crippen LogP contribution in [0, 0.1) is 0 Å². The van der Waals surface area contributed by atoms with Gasteiger partial charge in [0.1, 0.15) is 12.7 Å². The highest BCUT2D eigenvalue weighted by molar-refractivity contribution is 6.30. The molecule has 0 unspecified atom stereocenters. The van der Waals surface area contributed by atoms with E-state index >= 15 is 0 Å². The topological polar surface area (TPSA) is 66.9 Å². The molecule has 0 bridgehead atoms. The van der Waals surface area contributed by atoms with Gasteiger partial charge in [-0.1, -0.05) is 29.8 Å². The highest BCUT2D eigenvalue weighted by Crippen LogP contribution is 2.35. The second-order valence-electron chi connectivity index (χ2n) is 10.1. The molecule has 7 nitrogen and oxygen atoms in total. The van der Waals surface area contributed by atoms with Crippen LogP contribution in [0.25, 0.3) is 10.9 Å². The number of benzene rings is 2. The summed E-state index contributed by atoms with van der Waals surface area (Å²) in [6.45, 7) is 4.71. The first kappa shape index (κ1) is 23.5. The zero-order chi connectivity index (χ0) is 24.6. The first-order valence-electron chi connectivity index (χ1n) is 12.7. The Bertz CT molecular complexity index is 1290. The van der Waals surface area contributed by atoms with Crippen LogP contribution in [-0.2, 0) is 13.0 Å². The summed E-state index contributed by atoms with van der Waals surface area (Å²) in [7, 11) is 2.13. The van der Waals surface area contributed by atoms with Crippen molar-refractivity contribution < 1.29 is 14.3 Å². The molecule has 3 aromatic rings. The number of nitrogens with zero attached hydrogens (tertiary/aromatic N) is 3. The second kappa shape index (κ2) is 9.88. The summed E-state index contributed by atoms with van der Waals surface area (Å²) in [5.74, 6) is 1.42. The van der Waals surface area contributed by atoms with Crippen molar-refractivity contribution in [2.45, 2.75) is 38.0 Å². The summed E-state index contributed by atoms with van der Waals surface area (Å²) < 4.78 is 12.1. The Morgan fingerprint density at radius 3 is 2.83 bits per heavy atom. The predicted molar refractivity (Wildman–Crippen MR) is 140 cm³/mol. The lowest BCUT2D eigenvalue weighted by Gasteiger charge is -2.35. The number of halogens is 1. The average molecular weight is 507 g/mol. The van der Waals surface area contributed by atoms with Crippen LogP contribution in [0.2, 0.25) is 5.02 Å². The summed E-state index contributed by atoms with van der Waals surface area (Å²) in [5.41, 5.74) is 3.72. The number of carbonyl (C=O) groups excluding carboxylic acids is 1. The van der Waals surface area contributed by atoms with Crippen LogP contribution in [-0.4, -0.2) is 72.7 Å². The molecule has 0 radical (unpaired) electrons. The zero-order valence-electron chi connectivity index (χ0n) is 20.5. The third kappa shape index (κ3) is 4.75. The number of ether oxygens (including phenoxy) is 2. The fourth-order valence-corrected chi connectivity index (χ4v) is 5.70. The molecule has 0 spiro atoms. The van der Waals surface area contributed by atoms with E-state index in [-0.39, 0.29) is 18.1 Å². The molecule has 2 aromatic carbocycles. The van der Waals surface area contributed by atoms with Gasteiger partial charge in [-0.15, -0.1) is 0 Å². The quantitative estimate of drug-likeness (QED) is 0.578. The molecule has 1 atom stereocenters. The van der Waals surface area contributed by atoms with Crippen molar-refractivity contribution in [1.82, 2.24) is 20.1 Å². The molecule has 36 heavy (non-hydrogen) atoms. The van der Waals surface area contributed by atoms with E-state index in [0.29, 0.717) is 30.5 Å². The minimum Gasteiger partial charge on any atom is -0.486 e. The van der Waals surface area contributed by atoms with Gasteiger partial charge in [0.25, 0.3) is 5.91 Å². The Balaban J connectivity index is 1.24. The van der Waals surface area contributed by atoms with E-state index in [1.54, 1.807) is 12.1 Å². The number of para-hydroxylation sites is 1. The summed E-state index contributed by atoms with van der Waals surface area (Å²) in [4.78, 5) is 23.3. The number of fused-ring (bicyclic) bond motifs is 3. The number of likely N-dealkylation sites (tertiary alicyclic amines) is 1. The highest BCUT2D eigenvalue weighted by atomic mass is 35.5. The highest BCUT2D eigenvalue weighted by Gasteiger charge is 2.30. The van der Waals surface area contributed by atoms with Crippen LogP contribution >= 0.6 is 11.6 Å². The van der Waals surface area contributed by atoms with Crippen LogP contribution in [0.1, 0.15) is 34.5 Å². The SMILES string of the molecule is CN1CCC(NC(=O)c2c3c(nc4ccccc24)CCN(C[C@H]2COc4ccc(Cl)cc4O2)C3)CC1. The molecular formula is C28H31ClN4O3. The van der Waals surface area contributed by atoms with Gasteiger partial charge >= 0.3 is 0 Å². The Hall–Kier alpha value is -2.87. The third-order valence-corrected chi connectivity index (χ3v) is 7.73. The van der Waals surface area contributed by atoms with Crippen LogP contribution in [0.5, 0.6) is 11.5 Å².